The Hall–Kier alpha value is -1.52. The lowest BCUT2D eigenvalue weighted by molar-refractivity contribution is 0.556. The predicted octanol–water partition coefficient (Wildman–Crippen LogP) is -0.552. The van der Waals surface area contributed by atoms with E-state index in [2.05, 4.69) is 14.4 Å². The molecule has 0 saturated heterocycles. The molecule has 0 bridgehead atoms. The minimum atomic E-state index is 0.0583. The van der Waals surface area contributed by atoms with E-state index < -0.39 is 0 Å². The molecule has 1 aromatic rings. The number of rotatable bonds is 2. The van der Waals surface area contributed by atoms with Gasteiger partial charge in [0.05, 0.1) is 6.54 Å². The van der Waals surface area contributed by atoms with Gasteiger partial charge in [-0.1, -0.05) is 0 Å². The molecule has 0 aliphatic heterocycles. The van der Waals surface area contributed by atoms with Crippen molar-refractivity contribution in [1.82, 2.24) is 4.98 Å². The van der Waals surface area contributed by atoms with Crippen LogP contribution in [0.1, 0.15) is 5.69 Å². The minimum absolute atomic E-state index is 0.0583. The number of nitrogens with two attached hydrogens (primary N) is 2. The van der Waals surface area contributed by atoms with Crippen molar-refractivity contribution in [2.24, 2.45) is 16.5 Å². The third-order valence-corrected chi connectivity index (χ3v) is 0.907. The van der Waals surface area contributed by atoms with Crippen LogP contribution in [0.3, 0.4) is 0 Å². The molecule has 1 rings (SSSR count). The molecule has 10 heavy (non-hydrogen) atoms. The average molecular weight is 140 g/mol. The van der Waals surface area contributed by atoms with E-state index in [0.717, 1.165) is 0 Å². The first-order chi connectivity index (χ1) is 4.79. The van der Waals surface area contributed by atoms with Crippen LogP contribution in [0.25, 0.3) is 0 Å². The van der Waals surface area contributed by atoms with Gasteiger partial charge in [0.2, 0.25) is 0 Å². The summed E-state index contributed by atoms with van der Waals surface area (Å²) in [6.45, 7) is 0.374. The third kappa shape index (κ3) is 1.77. The molecule has 0 aliphatic rings. The Balaban J connectivity index is 2.49. The van der Waals surface area contributed by atoms with E-state index in [1.54, 1.807) is 0 Å². The first kappa shape index (κ1) is 6.60. The smallest absolute Gasteiger partial charge is 0.186 e. The van der Waals surface area contributed by atoms with Crippen LogP contribution in [0.2, 0.25) is 0 Å². The van der Waals surface area contributed by atoms with E-state index in [1.165, 1.54) is 12.7 Å². The van der Waals surface area contributed by atoms with Gasteiger partial charge in [0.15, 0.2) is 12.4 Å². The first-order valence-electron chi connectivity index (χ1n) is 2.71. The molecule has 1 heterocycles. The summed E-state index contributed by atoms with van der Waals surface area (Å²) in [6.07, 6.45) is 2.82. The molecule has 0 aliphatic carbocycles. The Morgan fingerprint density at radius 3 is 3.00 bits per heavy atom. The predicted molar refractivity (Wildman–Crippen MR) is 36.0 cm³/mol. The van der Waals surface area contributed by atoms with Gasteiger partial charge >= 0.3 is 0 Å². The highest BCUT2D eigenvalue weighted by Crippen LogP contribution is 1.94. The minimum Gasteiger partial charge on any atom is -0.451 e. The van der Waals surface area contributed by atoms with Crippen LogP contribution >= 0.6 is 0 Å². The van der Waals surface area contributed by atoms with Gasteiger partial charge in [0, 0.05) is 0 Å². The fraction of sp³-hybridized carbons (Fsp3) is 0.200. The largest absolute Gasteiger partial charge is 0.451 e. The Morgan fingerprint density at radius 1 is 1.70 bits per heavy atom. The van der Waals surface area contributed by atoms with Crippen molar-refractivity contribution >= 4 is 5.96 Å². The summed E-state index contributed by atoms with van der Waals surface area (Å²) in [7, 11) is 0. The first-order valence-corrected chi connectivity index (χ1v) is 2.71. The number of nitrogens with zero attached hydrogens (tertiary/aromatic N) is 2. The van der Waals surface area contributed by atoms with E-state index in [4.69, 9.17) is 11.5 Å². The second kappa shape index (κ2) is 2.86. The van der Waals surface area contributed by atoms with Gasteiger partial charge in [-0.15, -0.1) is 0 Å². The van der Waals surface area contributed by atoms with Gasteiger partial charge in [-0.05, 0) is 0 Å². The molecule has 5 heteroatoms. The maximum absolute atomic E-state index is 5.08. The van der Waals surface area contributed by atoms with Gasteiger partial charge in [0.1, 0.15) is 12.0 Å². The normalized spacial score (nSPS) is 9.20. The number of guanidine groups is 1. The van der Waals surface area contributed by atoms with Crippen molar-refractivity contribution in [3.63, 3.8) is 0 Å². The molecule has 0 radical (unpaired) electrons. The number of hydrogen-bond acceptors (Lipinski definition) is 3. The molecule has 0 spiro atoms. The highest BCUT2D eigenvalue weighted by atomic mass is 16.3. The molecule has 0 aromatic carbocycles. The number of aliphatic imine (C=N–C) groups is 1. The van der Waals surface area contributed by atoms with Gasteiger partial charge < -0.3 is 15.9 Å². The average Bonchev–Trinajstić information content (AvgIpc) is 2.34. The Bertz CT molecular complexity index is 212. The van der Waals surface area contributed by atoms with Crippen LogP contribution in [0, 0.1) is 0 Å². The summed E-state index contributed by atoms with van der Waals surface area (Å²) in [5, 5.41) is 0. The third-order valence-electron chi connectivity index (χ3n) is 0.907. The van der Waals surface area contributed by atoms with E-state index in [1.807, 2.05) is 0 Å². The van der Waals surface area contributed by atoms with Crippen LogP contribution in [-0.4, -0.2) is 10.9 Å². The second-order valence-corrected chi connectivity index (χ2v) is 1.72. The number of hydrogen-bond donors (Lipinski definition) is 2. The Labute approximate surface area is 57.8 Å². The van der Waals surface area contributed by atoms with E-state index in [-0.39, 0.29) is 5.96 Å². The van der Waals surface area contributed by atoms with E-state index >= 15 is 0 Å². The summed E-state index contributed by atoms with van der Waals surface area (Å²) in [5.74, 6) is 0.0583. The van der Waals surface area contributed by atoms with Gasteiger partial charge in [-0.25, -0.2) is 9.98 Å². The quantitative estimate of drug-likeness (QED) is 0.426. The standard InChI is InChI=1S/C5H8N4O/c6-5(7)8-1-4-2-10-3-9-4/h2-3H,1H2,(H4,6,7,8). The molecular formula is C5H8N4O. The van der Waals surface area contributed by atoms with Crippen molar-refractivity contribution in [3.05, 3.63) is 18.4 Å². The van der Waals surface area contributed by atoms with Crippen LogP contribution in [0.4, 0.5) is 0 Å². The summed E-state index contributed by atoms with van der Waals surface area (Å²) >= 11 is 0. The Kier molecular flexibility index (Phi) is 1.89. The SMILES string of the molecule is NC(N)=NCc1cocn1. The van der Waals surface area contributed by atoms with Crippen molar-refractivity contribution in [1.29, 1.82) is 0 Å². The summed E-state index contributed by atoms with van der Waals surface area (Å²) in [5.41, 5.74) is 10.9. The lowest BCUT2D eigenvalue weighted by Gasteiger charge is -1.87. The molecule has 0 amide bonds. The van der Waals surface area contributed by atoms with E-state index in [0.29, 0.717) is 12.2 Å². The second-order valence-electron chi connectivity index (χ2n) is 1.72. The summed E-state index contributed by atoms with van der Waals surface area (Å²) in [6, 6.07) is 0. The molecule has 0 fully saturated rings. The van der Waals surface area contributed by atoms with Gasteiger partial charge in [-0.3, -0.25) is 0 Å². The Morgan fingerprint density at radius 2 is 2.50 bits per heavy atom. The van der Waals surface area contributed by atoms with Gasteiger partial charge in [0.25, 0.3) is 0 Å². The fourth-order valence-electron chi connectivity index (χ4n) is 0.488. The lowest BCUT2D eigenvalue weighted by atomic mass is 10.5. The maximum atomic E-state index is 5.08. The molecule has 0 saturated carbocycles. The zero-order valence-electron chi connectivity index (χ0n) is 5.32. The van der Waals surface area contributed by atoms with Crippen LogP contribution < -0.4 is 11.5 Å². The molecule has 54 valence electrons. The van der Waals surface area contributed by atoms with Crippen molar-refractivity contribution in [3.8, 4) is 0 Å². The van der Waals surface area contributed by atoms with Crippen LogP contribution in [0.15, 0.2) is 22.1 Å². The van der Waals surface area contributed by atoms with Crippen molar-refractivity contribution < 1.29 is 4.42 Å². The highest BCUT2D eigenvalue weighted by Gasteiger charge is 1.91. The molecule has 0 atom stereocenters. The number of aromatic nitrogens is 1. The van der Waals surface area contributed by atoms with Gasteiger partial charge in [-0.2, -0.15) is 0 Å². The number of oxazole rings is 1. The molecule has 4 N–H and O–H groups in total. The zero-order chi connectivity index (χ0) is 7.40. The van der Waals surface area contributed by atoms with Crippen LogP contribution in [0.5, 0.6) is 0 Å². The molecule has 5 nitrogen and oxygen atoms in total. The van der Waals surface area contributed by atoms with E-state index in [9.17, 15) is 0 Å². The topological polar surface area (TPSA) is 90.4 Å². The molecule has 0 unspecified atom stereocenters. The monoisotopic (exact) mass is 140 g/mol. The van der Waals surface area contributed by atoms with Crippen molar-refractivity contribution in [2.45, 2.75) is 6.54 Å². The zero-order valence-corrected chi connectivity index (χ0v) is 5.32. The van der Waals surface area contributed by atoms with Crippen molar-refractivity contribution in [2.75, 3.05) is 0 Å². The molecular weight excluding hydrogens is 132 g/mol. The lowest BCUT2D eigenvalue weighted by Crippen LogP contribution is -2.22. The maximum Gasteiger partial charge on any atom is 0.186 e. The fourth-order valence-corrected chi connectivity index (χ4v) is 0.488. The highest BCUT2D eigenvalue weighted by molar-refractivity contribution is 5.75. The summed E-state index contributed by atoms with van der Waals surface area (Å²) in [4.78, 5) is 7.52. The molecule has 1 aromatic heterocycles. The van der Waals surface area contributed by atoms with Crippen LogP contribution in [-0.2, 0) is 6.54 Å². The summed E-state index contributed by atoms with van der Waals surface area (Å²) < 4.78 is 4.68.